The van der Waals surface area contributed by atoms with Crippen molar-refractivity contribution in [2.45, 2.75) is 26.3 Å². The summed E-state index contributed by atoms with van der Waals surface area (Å²) in [5.74, 6) is -1.51. The molecular formula is C14H18FNO4. The molecule has 1 amide bonds. The zero-order chi connectivity index (χ0) is 15.1. The Labute approximate surface area is 116 Å². The number of hydrogen-bond acceptors (Lipinski definition) is 3. The maximum Gasteiger partial charge on any atom is 0.326 e. The Balaban J connectivity index is 2.45. The Morgan fingerprint density at radius 2 is 1.90 bits per heavy atom. The van der Waals surface area contributed by atoms with Crippen LogP contribution in [0.5, 0.6) is 5.75 Å². The molecule has 0 aliphatic carbocycles. The average molecular weight is 283 g/mol. The van der Waals surface area contributed by atoms with Gasteiger partial charge in [-0.15, -0.1) is 0 Å². The van der Waals surface area contributed by atoms with Crippen molar-refractivity contribution >= 4 is 11.9 Å². The van der Waals surface area contributed by atoms with Crippen molar-refractivity contribution in [1.29, 1.82) is 0 Å². The van der Waals surface area contributed by atoms with E-state index >= 15 is 0 Å². The van der Waals surface area contributed by atoms with Crippen molar-refractivity contribution in [1.82, 2.24) is 5.32 Å². The van der Waals surface area contributed by atoms with Crippen LogP contribution in [0.15, 0.2) is 24.3 Å². The van der Waals surface area contributed by atoms with E-state index in [1.54, 1.807) is 0 Å². The van der Waals surface area contributed by atoms with Crippen LogP contribution in [0.2, 0.25) is 0 Å². The third kappa shape index (κ3) is 5.69. The summed E-state index contributed by atoms with van der Waals surface area (Å²) in [5, 5.41) is 11.4. The molecular weight excluding hydrogens is 265 g/mol. The molecule has 0 aliphatic heterocycles. The van der Waals surface area contributed by atoms with Gasteiger partial charge in [0.1, 0.15) is 17.6 Å². The van der Waals surface area contributed by atoms with Gasteiger partial charge in [0, 0.05) is 0 Å². The van der Waals surface area contributed by atoms with Crippen LogP contribution >= 0.6 is 0 Å². The molecule has 1 rings (SSSR count). The number of carbonyl (C=O) groups is 2. The fraction of sp³-hybridized carbons (Fsp3) is 0.429. The number of rotatable bonds is 7. The van der Waals surface area contributed by atoms with E-state index in [4.69, 9.17) is 9.84 Å². The quantitative estimate of drug-likeness (QED) is 0.800. The molecule has 5 nitrogen and oxygen atoms in total. The van der Waals surface area contributed by atoms with Crippen molar-refractivity contribution in [3.05, 3.63) is 30.1 Å². The van der Waals surface area contributed by atoms with Gasteiger partial charge in [0.15, 0.2) is 6.61 Å². The first kappa shape index (κ1) is 15.9. The fourth-order valence-corrected chi connectivity index (χ4v) is 1.61. The summed E-state index contributed by atoms with van der Waals surface area (Å²) in [6.45, 7) is 3.43. The van der Waals surface area contributed by atoms with Gasteiger partial charge >= 0.3 is 5.97 Å². The maximum atomic E-state index is 12.7. The lowest BCUT2D eigenvalue weighted by Gasteiger charge is -2.16. The lowest BCUT2D eigenvalue weighted by Crippen LogP contribution is -2.43. The second kappa shape index (κ2) is 7.47. The standard InChI is InChI=1S/C14H18FNO4/c1-9(2)7-12(14(18)19)16-13(17)8-20-11-5-3-10(15)4-6-11/h3-6,9,12H,7-8H2,1-2H3,(H,16,17)(H,18,19)/t12-/m1/s1. The lowest BCUT2D eigenvalue weighted by molar-refractivity contribution is -0.142. The first-order chi connectivity index (χ1) is 9.38. The molecule has 0 saturated carbocycles. The van der Waals surface area contributed by atoms with Crippen LogP contribution in [0.25, 0.3) is 0 Å². The van der Waals surface area contributed by atoms with E-state index in [-0.39, 0.29) is 12.5 Å². The molecule has 1 atom stereocenters. The minimum absolute atomic E-state index is 0.148. The highest BCUT2D eigenvalue weighted by atomic mass is 19.1. The van der Waals surface area contributed by atoms with E-state index in [1.165, 1.54) is 24.3 Å². The second-order valence-corrected chi connectivity index (χ2v) is 4.83. The Morgan fingerprint density at radius 1 is 1.30 bits per heavy atom. The zero-order valence-electron chi connectivity index (χ0n) is 11.4. The molecule has 0 bridgehead atoms. The van der Waals surface area contributed by atoms with Crippen LogP contribution in [0.4, 0.5) is 4.39 Å². The van der Waals surface area contributed by atoms with Gasteiger partial charge in [-0.05, 0) is 36.6 Å². The normalized spacial score (nSPS) is 12.0. The Morgan fingerprint density at radius 3 is 2.40 bits per heavy atom. The van der Waals surface area contributed by atoms with E-state index in [1.807, 2.05) is 13.8 Å². The molecule has 0 spiro atoms. The number of hydrogen-bond donors (Lipinski definition) is 2. The van der Waals surface area contributed by atoms with Crippen LogP contribution in [-0.2, 0) is 9.59 Å². The van der Waals surface area contributed by atoms with Gasteiger partial charge in [-0.1, -0.05) is 13.8 Å². The molecule has 0 heterocycles. The number of amides is 1. The number of carbonyl (C=O) groups excluding carboxylic acids is 1. The smallest absolute Gasteiger partial charge is 0.326 e. The van der Waals surface area contributed by atoms with Crippen LogP contribution in [-0.4, -0.2) is 29.6 Å². The van der Waals surface area contributed by atoms with E-state index in [2.05, 4.69) is 5.32 Å². The van der Waals surface area contributed by atoms with Gasteiger partial charge in [-0.25, -0.2) is 9.18 Å². The summed E-state index contributed by atoms with van der Waals surface area (Å²) < 4.78 is 17.8. The van der Waals surface area contributed by atoms with Gasteiger partial charge < -0.3 is 15.2 Å². The molecule has 0 aliphatic rings. The minimum atomic E-state index is -1.08. The molecule has 0 saturated heterocycles. The molecule has 2 N–H and O–H groups in total. The predicted octanol–water partition coefficient (Wildman–Crippen LogP) is 1.82. The highest BCUT2D eigenvalue weighted by Crippen LogP contribution is 2.11. The van der Waals surface area contributed by atoms with E-state index in [0.717, 1.165) is 0 Å². The minimum Gasteiger partial charge on any atom is -0.484 e. The van der Waals surface area contributed by atoms with Gasteiger partial charge in [0.2, 0.25) is 0 Å². The van der Waals surface area contributed by atoms with E-state index in [9.17, 15) is 14.0 Å². The van der Waals surface area contributed by atoms with Crippen molar-refractivity contribution in [2.75, 3.05) is 6.61 Å². The number of ether oxygens (including phenoxy) is 1. The lowest BCUT2D eigenvalue weighted by atomic mass is 10.0. The Bertz CT molecular complexity index is 459. The average Bonchev–Trinajstić information content (AvgIpc) is 2.36. The third-order valence-corrected chi connectivity index (χ3v) is 2.52. The van der Waals surface area contributed by atoms with E-state index < -0.39 is 23.7 Å². The van der Waals surface area contributed by atoms with Crippen LogP contribution < -0.4 is 10.1 Å². The number of halogens is 1. The molecule has 20 heavy (non-hydrogen) atoms. The molecule has 6 heteroatoms. The first-order valence-electron chi connectivity index (χ1n) is 6.29. The molecule has 0 unspecified atom stereocenters. The third-order valence-electron chi connectivity index (χ3n) is 2.52. The molecule has 0 fully saturated rings. The number of carboxylic acid groups (broad SMARTS) is 1. The topological polar surface area (TPSA) is 75.6 Å². The molecule has 110 valence electrons. The molecule has 0 radical (unpaired) electrons. The Hall–Kier alpha value is -2.11. The second-order valence-electron chi connectivity index (χ2n) is 4.83. The number of carboxylic acids is 1. The largest absolute Gasteiger partial charge is 0.484 e. The van der Waals surface area contributed by atoms with Crippen molar-refractivity contribution < 1.29 is 23.8 Å². The van der Waals surface area contributed by atoms with Crippen LogP contribution in [0, 0.1) is 11.7 Å². The summed E-state index contributed by atoms with van der Waals surface area (Å²) in [4.78, 5) is 22.6. The molecule has 1 aromatic rings. The number of nitrogens with one attached hydrogen (secondary N) is 1. The SMILES string of the molecule is CC(C)C[C@@H](NC(=O)COc1ccc(F)cc1)C(=O)O. The first-order valence-corrected chi connectivity index (χ1v) is 6.29. The van der Waals surface area contributed by atoms with Gasteiger partial charge in [0.05, 0.1) is 0 Å². The van der Waals surface area contributed by atoms with Gasteiger partial charge in [-0.3, -0.25) is 4.79 Å². The summed E-state index contributed by atoms with van der Waals surface area (Å²) >= 11 is 0. The van der Waals surface area contributed by atoms with Crippen molar-refractivity contribution in [3.63, 3.8) is 0 Å². The predicted molar refractivity (Wildman–Crippen MR) is 70.9 cm³/mol. The summed E-state index contributed by atoms with van der Waals surface area (Å²) in [7, 11) is 0. The zero-order valence-corrected chi connectivity index (χ0v) is 11.4. The number of benzene rings is 1. The van der Waals surface area contributed by atoms with Gasteiger partial charge in [-0.2, -0.15) is 0 Å². The highest BCUT2D eigenvalue weighted by molar-refractivity contribution is 5.84. The maximum absolute atomic E-state index is 12.7. The molecule has 1 aromatic carbocycles. The van der Waals surface area contributed by atoms with Crippen molar-refractivity contribution in [2.24, 2.45) is 5.92 Å². The van der Waals surface area contributed by atoms with Gasteiger partial charge in [0.25, 0.3) is 5.91 Å². The Kier molecular flexibility index (Phi) is 5.96. The monoisotopic (exact) mass is 283 g/mol. The molecule has 0 aromatic heterocycles. The summed E-state index contributed by atoms with van der Waals surface area (Å²) in [5.41, 5.74) is 0. The highest BCUT2D eigenvalue weighted by Gasteiger charge is 2.21. The fourth-order valence-electron chi connectivity index (χ4n) is 1.61. The van der Waals surface area contributed by atoms with Crippen molar-refractivity contribution in [3.8, 4) is 5.75 Å². The summed E-state index contributed by atoms with van der Waals surface area (Å²) in [6.07, 6.45) is 0.345. The summed E-state index contributed by atoms with van der Waals surface area (Å²) in [6, 6.07) is 4.29. The van der Waals surface area contributed by atoms with E-state index in [0.29, 0.717) is 12.2 Å². The van der Waals surface area contributed by atoms with Crippen LogP contribution in [0.1, 0.15) is 20.3 Å². The number of aliphatic carboxylic acids is 1. The van der Waals surface area contributed by atoms with Crippen LogP contribution in [0.3, 0.4) is 0 Å².